The summed E-state index contributed by atoms with van der Waals surface area (Å²) in [7, 11) is 0. The summed E-state index contributed by atoms with van der Waals surface area (Å²) in [6.07, 6.45) is 1.09. The van der Waals surface area contributed by atoms with E-state index in [0.29, 0.717) is 0 Å². The van der Waals surface area contributed by atoms with Crippen LogP contribution in [-0.4, -0.2) is 6.54 Å². The van der Waals surface area contributed by atoms with E-state index in [1.165, 1.54) is 11.3 Å². The highest BCUT2D eigenvalue weighted by atomic mass is 14.9. The molecule has 1 aromatic carbocycles. The third-order valence-electron chi connectivity index (χ3n) is 2.24. The molecule has 0 saturated carbocycles. The monoisotopic (exact) mass is 149 g/mol. The summed E-state index contributed by atoms with van der Waals surface area (Å²) < 4.78 is 0. The zero-order chi connectivity index (χ0) is 7.68. The van der Waals surface area contributed by atoms with Crippen molar-refractivity contribution in [2.75, 3.05) is 6.54 Å². The fraction of sp³-hybridized carbons (Fsp3) is 0.333. The second-order valence-electron chi connectivity index (χ2n) is 3.02. The van der Waals surface area contributed by atoms with Crippen LogP contribution in [0.25, 0.3) is 0 Å². The van der Waals surface area contributed by atoms with Crippen molar-refractivity contribution in [3.8, 4) is 0 Å². The standard InChI is InChI=1S/C9H12N2/c10-8-5-6-11-9-4-2-1-3-7(8)9/h1-4,8,11H,5-6,10H2/p+1/t8-/m0/s1. The maximum atomic E-state index is 5.93. The topological polar surface area (TPSA) is 42.6 Å². The molecule has 1 aromatic rings. The van der Waals surface area contributed by atoms with E-state index in [-0.39, 0.29) is 6.04 Å². The van der Waals surface area contributed by atoms with E-state index in [1.54, 1.807) is 0 Å². The van der Waals surface area contributed by atoms with Crippen molar-refractivity contribution in [3.63, 3.8) is 0 Å². The first-order chi connectivity index (χ1) is 5.38. The smallest absolute Gasteiger partial charge is 0.134 e. The average Bonchev–Trinajstić information content (AvgIpc) is 2.06. The molecule has 0 radical (unpaired) electrons. The van der Waals surface area contributed by atoms with Gasteiger partial charge in [0.15, 0.2) is 0 Å². The molecule has 1 aliphatic rings. The molecule has 4 N–H and O–H groups in total. The predicted molar refractivity (Wildman–Crippen MR) is 44.4 cm³/mol. The lowest BCUT2D eigenvalue weighted by Gasteiger charge is -2.18. The fourth-order valence-electron chi connectivity index (χ4n) is 1.61. The van der Waals surface area contributed by atoms with Gasteiger partial charge in [0, 0.05) is 18.0 Å². The number of hydrogen-bond donors (Lipinski definition) is 2. The Kier molecular flexibility index (Phi) is 1.64. The van der Waals surface area contributed by atoms with Gasteiger partial charge in [-0.3, -0.25) is 0 Å². The Morgan fingerprint density at radius 2 is 2.18 bits per heavy atom. The number of nitrogens with two attached hydrogens (primary N) is 2. The largest absolute Gasteiger partial charge is 0.324 e. The van der Waals surface area contributed by atoms with Crippen molar-refractivity contribution in [2.45, 2.75) is 12.5 Å². The van der Waals surface area contributed by atoms with Gasteiger partial charge in [-0.25, -0.2) is 0 Å². The Morgan fingerprint density at radius 3 is 3.00 bits per heavy atom. The molecule has 0 amide bonds. The number of para-hydroxylation sites is 1. The summed E-state index contributed by atoms with van der Waals surface area (Å²) in [4.78, 5) is 0. The summed E-state index contributed by atoms with van der Waals surface area (Å²) in [6.45, 7) is 1.12. The van der Waals surface area contributed by atoms with E-state index < -0.39 is 0 Å². The van der Waals surface area contributed by atoms with Crippen LogP contribution in [0.4, 0.5) is 5.69 Å². The number of fused-ring (bicyclic) bond motifs is 1. The Labute approximate surface area is 66.4 Å². The number of hydrogen-bond acceptors (Lipinski definition) is 1. The Balaban J connectivity index is 2.44. The van der Waals surface area contributed by atoms with Gasteiger partial charge in [-0.2, -0.15) is 0 Å². The van der Waals surface area contributed by atoms with Crippen LogP contribution < -0.4 is 11.1 Å². The van der Waals surface area contributed by atoms with Crippen LogP contribution in [0.3, 0.4) is 0 Å². The SMILES string of the molecule is N[C@H]1CC[NH2+]c2ccccc21. The Bertz CT molecular complexity index is 257. The molecule has 0 unspecified atom stereocenters. The van der Waals surface area contributed by atoms with Crippen LogP contribution in [0.5, 0.6) is 0 Å². The van der Waals surface area contributed by atoms with Crippen LogP contribution in [-0.2, 0) is 0 Å². The lowest BCUT2D eigenvalue weighted by atomic mass is 9.99. The molecule has 0 bridgehead atoms. The molecule has 58 valence electrons. The molecular formula is C9H13N2+. The highest BCUT2D eigenvalue weighted by molar-refractivity contribution is 5.41. The van der Waals surface area contributed by atoms with E-state index in [1.807, 2.05) is 0 Å². The highest BCUT2D eigenvalue weighted by Gasteiger charge is 2.18. The molecule has 1 heterocycles. The van der Waals surface area contributed by atoms with Gasteiger partial charge in [-0.1, -0.05) is 18.2 Å². The van der Waals surface area contributed by atoms with Gasteiger partial charge in [0.05, 0.1) is 6.54 Å². The summed E-state index contributed by atoms with van der Waals surface area (Å²) in [5.74, 6) is 0. The summed E-state index contributed by atoms with van der Waals surface area (Å²) >= 11 is 0. The normalized spacial score (nSPS) is 22.8. The van der Waals surface area contributed by atoms with E-state index in [2.05, 4.69) is 29.6 Å². The van der Waals surface area contributed by atoms with Crippen molar-refractivity contribution >= 4 is 5.69 Å². The van der Waals surface area contributed by atoms with Crippen molar-refractivity contribution in [1.82, 2.24) is 0 Å². The molecule has 11 heavy (non-hydrogen) atoms. The minimum atomic E-state index is 0.260. The van der Waals surface area contributed by atoms with Crippen molar-refractivity contribution in [1.29, 1.82) is 0 Å². The van der Waals surface area contributed by atoms with Gasteiger partial charge in [0.1, 0.15) is 5.69 Å². The first-order valence-electron chi connectivity index (χ1n) is 4.05. The molecule has 0 saturated heterocycles. The summed E-state index contributed by atoms with van der Waals surface area (Å²) in [5.41, 5.74) is 8.56. The second kappa shape index (κ2) is 2.64. The molecule has 2 nitrogen and oxygen atoms in total. The molecule has 0 spiro atoms. The molecule has 0 aromatic heterocycles. The molecule has 1 atom stereocenters. The van der Waals surface area contributed by atoms with Gasteiger partial charge in [0.2, 0.25) is 0 Å². The average molecular weight is 149 g/mol. The highest BCUT2D eigenvalue weighted by Crippen LogP contribution is 2.21. The summed E-state index contributed by atoms with van der Waals surface area (Å²) in [6, 6.07) is 8.63. The minimum Gasteiger partial charge on any atom is -0.324 e. The maximum Gasteiger partial charge on any atom is 0.134 e. The molecular weight excluding hydrogens is 136 g/mol. The molecule has 0 fully saturated rings. The Morgan fingerprint density at radius 1 is 1.36 bits per heavy atom. The van der Waals surface area contributed by atoms with Gasteiger partial charge in [-0.05, 0) is 6.07 Å². The first kappa shape index (κ1) is 6.83. The zero-order valence-corrected chi connectivity index (χ0v) is 6.46. The Hall–Kier alpha value is -0.860. The van der Waals surface area contributed by atoms with E-state index in [0.717, 1.165) is 13.0 Å². The van der Waals surface area contributed by atoms with Gasteiger partial charge in [0.25, 0.3) is 0 Å². The van der Waals surface area contributed by atoms with Crippen LogP contribution in [0.15, 0.2) is 24.3 Å². The third kappa shape index (κ3) is 1.15. The van der Waals surface area contributed by atoms with Crippen molar-refractivity contribution in [2.24, 2.45) is 5.73 Å². The van der Waals surface area contributed by atoms with Crippen LogP contribution in [0.2, 0.25) is 0 Å². The summed E-state index contributed by atoms with van der Waals surface area (Å²) in [5, 5.41) is 2.26. The lowest BCUT2D eigenvalue weighted by Crippen LogP contribution is -2.80. The van der Waals surface area contributed by atoms with Gasteiger partial charge in [-0.15, -0.1) is 0 Å². The third-order valence-corrected chi connectivity index (χ3v) is 2.24. The first-order valence-corrected chi connectivity index (χ1v) is 4.05. The van der Waals surface area contributed by atoms with E-state index in [4.69, 9.17) is 5.73 Å². The minimum absolute atomic E-state index is 0.260. The van der Waals surface area contributed by atoms with Gasteiger partial charge >= 0.3 is 0 Å². The number of quaternary nitrogens is 1. The van der Waals surface area contributed by atoms with Crippen molar-refractivity contribution < 1.29 is 5.32 Å². The molecule has 2 rings (SSSR count). The van der Waals surface area contributed by atoms with Crippen LogP contribution in [0, 0.1) is 0 Å². The zero-order valence-electron chi connectivity index (χ0n) is 6.46. The quantitative estimate of drug-likeness (QED) is 0.511. The maximum absolute atomic E-state index is 5.93. The number of rotatable bonds is 0. The van der Waals surface area contributed by atoms with Crippen LogP contribution in [0.1, 0.15) is 18.0 Å². The second-order valence-corrected chi connectivity index (χ2v) is 3.02. The molecule has 0 aliphatic carbocycles. The fourth-order valence-corrected chi connectivity index (χ4v) is 1.61. The van der Waals surface area contributed by atoms with Crippen LogP contribution >= 0.6 is 0 Å². The van der Waals surface area contributed by atoms with E-state index in [9.17, 15) is 0 Å². The van der Waals surface area contributed by atoms with E-state index >= 15 is 0 Å². The number of benzene rings is 1. The molecule has 1 aliphatic heterocycles. The van der Waals surface area contributed by atoms with Crippen molar-refractivity contribution in [3.05, 3.63) is 29.8 Å². The lowest BCUT2D eigenvalue weighted by molar-refractivity contribution is -0.576. The predicted octanol–water partition coefficient (Wildman–Crippen LogP) is 0.285. The van der Waals surface area contributed by atoms with Gasteiger partial charge < -0.3 is 11.1 Å². The molecule has 2 heteroatoms.